The Morgan fingerprint density at radius 3 is 1.08 bits per heavy atom. The number of benzene rings is 1. The molecule has 0 bridgehead atoms. The van der Waals surface area contributed by atoms with E-state index in [1.54, 1.807) is 0 Å². The van der Waals surface area contributed by atoms with E-state index in [0.717, 1.165) is 5.56 Å². The lowest BCUT2D eigenvalue weighted by atomic mass is 9.87. The van der Waals surface area contributed by atoms with Gasteiger partial charge >= 0.3 is 0 Å². The van der Waals surface area contributed by atoms with Crippen molar-refractivity contribution >= 4 is 20.2 Å². The molecule has 0 spiro atoms. The molecule has 1 aromatic rings. The van der Waals surface area contributed by atoms with Crippen molar-refractivity contribution in [1.82, 2.24) is 0 Å². The molecule has 2 N–H and O–H groups in total. The Morgan fingerprint density at radius 1 is 0.460 bits per heavy atom. The van der Waals surface area contributed by atoms with Gasteiger partial charge in [0.25, 0.3) is 20.2 Å². The number of hydrogen-bond donors (Lipinski definition) is 2. The Kier molecular flexibility index (Phi) is 25.9. The van der Waals surface area contributed by atoms with E-state index in [1.165, 1.54) is 0 Å². The second-order valence-corrected chi connectivity index (χ2v) is 14.9. The summed E-state index contributed by atoms with van der Waals surface area (Å²) in [4.78, 5) is 0. The quantitative estimate of drug-likeness (QED) is 0.0765. The van der Waals surface area contributed by atoms with Crippen LogP contribution in [0.3, 0.4) is 0 Å². The van der Waals surface area contributed by atoms with E-state index >= 15 is 0 Å². The first kappa shape index (κ1) is 46.3. The monoisotopic (exact) mass is 762 g/mol. The van der Waals surface area contributed by atoms with E-state index in [1.807, 2.05) is 18.2 Å². The summed E-state index contributed by atoms with van der Waals surface area (Å²) in [6.07, 6.45) is 0.460. The van der Waals surface area contributed by atoms with Crippen LogP contribution in [0.1, 0.15) is 39.2 Å². The third kappa shape index (κ3) is 29.0. The molecule has 50 heavy (non-hydrogen) atoms. The zero-order valence-electron chi connectivity index (χ0n) is 29.7. The number of rotatable bonds is 34. The van der Waals surface area contributed by atoms with Gasteiger partial charge in [-0.2, -0.15) is 16.8 Å². The molecule has 0 saturated heterocycles. The topological polar surface area (TPSA) is 201 Å². The molecular weight excluding hydrogens is 704 g/mol. The number of ether oxygens (including phenoxy) is 10. The second kappa shape index (κ2) is 27.9. The molecule has 0 unspecified atom stereocenters. The Labute approximate surface area is 297 Å². The SMILES string of the molecule is CC(C)(C)c1ccc(OCCOCCOCCOCCOCCCS(=O)(=O)O)c(OCCOCCOCCOCCOCCCS(=O)(=O)O)c1. The van der Waals surface area contributed by atoms with Crippen molar-refractivity contribution in [2.75, 3.05) is 130 Å². The van der Waals surface area contributed by atoms with Gasteiger partial charge in [-0.1, -0.05) is 26.8 Å². The van der Waals surface area contributed by atoms with Gasteiger partial charge in [-0.05, 0) is 36.0 Å². The summed E-state index contributed by atoms with van der Waals surface area (Å²) in [6.45, 7) is 12.8. The van der Waals surface area contributed by atoms with Gasteiger partial charge in [0.15, 0.2) is 11.5 Å². The normalized spacial score (nSPS) is 12.4. The molecule has 0 amide bonds. The molecule has 0 aliphatic rings. The van der Waals surface area contributed by atoms with Gasteiger partial charge in [0, 0.05) is 13.2 Å². The van der Waals surface area contributed by atoms with Crippen LogP contribution in [0.4, 0.5) is 0 Å². The Hall–Kier alpha value is -1.68. The van der Waals surface area contributed by atoms with Gasteiger partial charge < -0.3 is 47.4 Å². The third-order valence-corrected chi connectivity index (χ3v) is 8.00. The van der Waals surface area contributed by atoms with Crippen molar-refractivity contribution in [3.05, 3.63) is 23.8 Å². The molecular formula is C32H58O16S2. The minimum absolute atomic E-state index is 0.0667. The minimum Gasteiger partial charge on any atom is -0.487 e. The highest BCUT2D eigenvalue weighted by Crippen LogP contribution is 2.33. The second-order valence-electron chi connectivity index (χ2n) is 11.8. The average molecular weight is 763 g/mol. The molecule has 0 radical (unpaired) electrons. The molecule has 0 heterocycles. The first-order chi connectivity index (χ1) is 23.8. The summed E-state index contributed by atoms with van der Waals surface area (Å²) < 4.78 is 115. The fourth-order valence-electron chi connectivity index (χ4n) is 3.84. The summed E-state index contributed by atoms with van der Waals surface area (Å²) in [6, 6.07) is 5.90. The standard InChI is InChI=1S/C32H58O16S2/c1-32(2,3)29-6-7-30(47-24-22-45-20-18-43-16-14-41-12-10-39-8-4-26-49(33,34)35)31(28-29)48-25-23-46-21-19-44-17-15-42-13-11-40-9-5-27-50(36,37)38/h6-7,28H,4-5,8-27H2,1-3H3,(H,33,34,35)(H,36,37,38). The van der Waals surface area contributed by atoms with E-state index in [2.05, 4.69) is 20.8 Å². The maximum atomic E-state index is 10.6. The van der Waals surface area contributed by atoms with E-state index in [9.17, 15) is 16.8 Å². The highest BCUT2D eigenvalue weighted by Gasteiger charge is 2.17. The van der Waals surface area contributed by atoms with Crippen LogP contribution in [-0.4, -0.2) is 156 Å². The zero-order valence-corrected chi connectivity index (χ0v) is 31.3. The lowest BCUT2D eigenvalue weighted by molar-refractivity contribution is -0.00532. The highest BCUT2D eigenvalue weighted by atomic mass is 32.2. The van der Waals surface area contributed by atoms with Crippen LogP contribution in [0.2, 0.25) is 0 Å². The van der Waals surface area contributed by atoms with Crippen molar-refractivity contribution in [3.8, 4) is 11.5 Å². The first-order valence-corrected chi connectivity index (χ1v) is 19.9. The molecule has 294 valence electrons. The van der Waals surface area contributed by atoms with Gasteiger partial charge in [0.1, 0.15) is 13.2 Å². The summed E-state index contributed by atoms with van der Waals surface area (Å²) in [7, 11) is -7.89. The average Bonchev–Trinajstić information content (AvgIpc) is 3.03. The maximum Gasteiger partial charge on any atom is 0.264 e. The lowest BCUT2D eigenvalue weighted by Gasteiger charge is -2.21. The highest BCUT2D eigenvalue weighted by molar-refractivity contribution is 7.86. The molecule has 1 aromatic carbocycles. The number of hydrogen-bond acceptors (Lipinski definition) is 14. The molecule has 0 aliphatic carbocycles. The zero-order chi connectivity index (χ0) is 37.0. The fraction of sp³-hybridized carbons (Fsp3) is 0.812. The predicted molar refractivity (Wildman–Crippen MR) is 185 cm³/mol. The first-order valence-electron chi connectivity index (χ1n) is 16.7. The smallest absolute Gasteiger partial charge is 0.264 e. The molecule has 16 nitrogen and oxygen atoms in total. The van der Waals surface area contributed by atoms with Gasteiger partial charge in [-0.3, -0.25) is 9.11 Å². The summed E-state index contributed by atoms with van der Waals surface area (Å²) in [5.41, 5.74) is 1.05. The summed E-state index contributed by atoms with van der Waals surface area (Å²) in [5, 5.41) is 0. The largest absolute Gasteiger partial charge is 0.487 e. The van der Waals surface area contributed by atoms with Gasteiger partial charge in [0.2, 0.25) is 0 Å². The molecule has 0 fully saturated rings. The van der Waals surface area contributed by atoms with Crippen LogP contribution in [0.25, 0.3) is 0 Å². The van der Waals surface area contributed by atoms with Gasteiger partial charge in [-0.15, -0.1) is 0 Å². The Bertz CT molecular complexity index is 1190. The van der Waals surface area contributed by atoms with Crippen LogP contribution in [0, 0.1) is 0 Å². The van der Waals surface area contributed by atoms with Crippen LogP contribution < -0.4 is 9.47 Å². The van der Waals surface area contributed by atoms with Gasteiger partial charge in [0.05, 0.1) is 104 Å². The third-order valence-electron chi connectivity index (χ3n) is 6.39. The minimum atomic E-state index is -3.95. The van der Waals surface area contributed by atoms with Crippen LogP contribution in [0.5, 0.6) is 11.5 Å². The molecule has 0 aromatic heterocycles. The van der Waals surface area contributed by atoms with E-state index < -0.39 is 20.2 Å². The van der Waals surface area contributed by atoms with Crippen molar-refractivity contribution in [1.29, 1.82) is 0 Å². The maximum absolute atomic E-state index is 10.6. The van der Waals surface area contributed by atoms with Crippen molar-refractivity contribution in [3.63, 3.8) is 0 Å². The molecule has 0 atom stereocenters. The van der Waals surface area contributed by atoms with E-state index in [0.29, 0.717) is 117 Å². The Morgan fingerprint density at radius 2 is 0.760 bits per heavy atom. The lowest BCUT2D eigenvalue weighted by Crippen LogP contribution is -2.16. The van der Waals surface area contributed by atoms with Crippen molar-refractivity contribution in [2.45, 2.75) is 39.0 Å². The predicted octanol–water partition coefficient (Wildman–Crippen LogP) is 2.43. The van der Waals surface area contributed by atoms with Gasteiger partial charge in [-0.25, -0.2) is 0 Å². The molecule has 0 aliphatic heterocycles. The fourth-order valence-corrected chi connectivity index (χ4v) is 4.80. The van der Waals surface area contributed by atoms with Crippen LogP contribution in [0.15, 0.2) is 18.2 Å². The summed E-state index contributed by atoms with van der Waals surface area (Å²) in [5.74, 6) is 0.605. The van der Waals surface area contributed by atoms with Crippen LogP contribution in [-0.2, 0) is 63.5 Å². The van der Waals surface area contributed by atoms with E-state index in [4.69, 9.17) is 56.5 Å². The summed E-state index contributed by atoms with van der Waals surface area (Å²) >= 11 is 0. The molecule has 0 saturated carbocycles. The Balaban J connectivity index is 2.10. The molecule has 18 heteroatoms. The van der Waals surface area contributed by atoms with E-state index in [-0.39, 0.29) is 43.0 Å². The van der Waals surface area contributed by atoms with Crippen molar-refractivity contribution in [2.24, 2.45) is 0 Å². The molecule has 1 rings (SSSR count). The van der Waals surface area contributed by atoms with Crippen molar-refractivity contribution < 1.29 is 73.3 Å². The van der Waals surface area contributed by atoms with Crippen LogP contribution >= 0.6 is 0 Å².